The second kappa shape index (κ2) is 8.28. The van der Waals surface area contributed by atoms with Crippen molar-refractivity contribution in [2.24, 2.45) is 5.41 Å². The van der Waals surface area contributed by atoms with Crippen LogP contribution >= 0.6 is 0 Å². The van der Waals surface area contributed by atoms with Crippen LogP contribution in [0.5, 0.6) is 0 Å². The average molecular weight is 403 g/mol. The second-order valence-electron chi connectivity index (χ2n) is 8.39. The number of nitrogens with zero attached hydrogens (tertiary/aromatic N) is 4. The maximum atomic E-state index is 12.9. The number of fused-ring (bicyclic) bond motifs is 1. The van der Waals surface area contributed by atoms with Gasteiger partial charge in [-0.25, -0.2) is 15.0 Å². The van der Waals surface area contributed by atoms with E-state index in [-0.39, 0.29) is 17.4 Å². The molecule has 0 spiro atoms. The van der Waals surface area contributed by atoms with Crippen molar-refractivity contribution in [2.75, 3.05) is 7.11 Å². The van der Waals surface area contributed by atoms with Gasteiger partial charge in [-0.15, -0.1) is 0 Å². The third-order valence-electron chi connectivity index (χ3n) is 5.30. The molecule has 3 aromatic rings. The molecule has 1 amide bonds. The predicted molar refractivity (Wildman–Crippen MR) is 113 cm³/mol. The van der Waals surface area contributed by atoms with Crippen LogP contribution in [0.3, 0.4) is 0 Å². The number of rotatable bonds is 5. The number of benzene rings is 1. The molecule has 0 fully saturated rings. The molecule has 0 saturated heterocycles. The molecule has 1 N–H and O–H groups in total. The Bertz CT molecular complexity index is 1040. The fraction of sp³-hybridized carbons (Fsp3) is 0.348. The maximum Gasteiger partial charge on any atom is 0.251 e. The summed E-state index contributed by atoms with van der Waals surface area (Å²) in [5.41, 5.74) is 4.20. The summed E-state index contributed by atoms with van der Waals surface area (Å²) in [6, 6.07) is 7.32. The van der Waals surface area contributed by atoms with Gasteiger partial charge in [-0.3, -0.25) is 9.78 Å². The van der Waals surface area contributed by atoms with Gasteiger partial charge in [-0.2, -0.15) is 0 Å². The zero-order chi connectivity index (χ0) is 21.1. The van der Waals surface area contributed by atoms with E-state index in [1.165, 1.54) is 0 Å². The molecule has 0 unspecified atom stereocenters. The van der Waals surface area contributed by atoms with Gasteiger partial charge in [0, 0.05) is 36.8 Å². The molecule has 0 radical (unpaired) electrons. The van der Waals surface area contributed by atoms with Crippen LogP contribution in [0.1, 0.15) is 53.5 Å². The minimum atomic E-state index is -0.147. The molecule has 0 bridgehead atoms. The highest BCUT2D eigenvalue weighted by Gasteiger charge is 2.34. The first kappa shape index (κ1) is 20.1. The highest BCUT2D eigenvalue weighted by atomic mass is 16.5. The molecule has 4 rings (SSSR count). The number of amides is 1. The third-order valence-corrected chi connectivity index (χ3v) is 5.30. The Kier molecular flexibility index (Phi) is 5.55. The van der Waals surface area contributed by atoms with Gasteiger partial charge in [0.1, 0.15) is 5.69 Å². The van der Waals surface area contributed by atoms with Crippen LogP contribution in [0, 0.1) is 5.41 Å². The van der Waals surface area contributed by atoms with Gasteiger partial charge in [0.05, 0.1) is 24.5 Å². The summed E-state index contributed by atoms with van der Waals surface area (Å²) in [6.45, 7) is 4.91. The number of carbonyl (C=O) groups excluding carboxylic acids is 1. The Morgan fingerprint density at radius 1 is 1.17 bits per heavy atom. The lowest BCUT2D eigenvalue weighted by atomic mass is 9.74. The third kappa shape index (κ3) is 4.36. The maximum absolute atomic E-state index is 12.9. The Labute approximate surface area is 176 Å². The van der Waals surface area contributed by atoms with Crippen molar-refractivity contribution in [1.82, 2.24) is 25.3 Å². The Balaban J connectivity index is 1.59. The fourth-order valence-corrected chi connectivity index (χ4v) is 3.87. The Hall–Kier alpha value is -3.19. The molecule has 2 heterocycles. The number of ether oxygens (including phenoxy) is 1. The molecule has 154 valence electrons. The normalized spacial score (nSPS) is 17.2. The first-order valence-corrected chi connectivity index (χ1v) is 9.96. The lowest BCUT2D eigenvalue weighted by molar-refractivity contribution is 0.0919. The van der Waals surface area contributed by atoms with Crippen LogP contribution in [0.25, 0.3) is 11.5 Å². The van der Waals surface area contributed by atoms with Gasteiger partial charge in [-0.1, -0.05) is 26.0 Å². The van der Waals surface area contributed by atoms with Gasteiger partial charge < -0.3 is 10.1 Å². The van der Waals surface area contributed by atoms with E-state index in [0.29, 0.717) is 23.7 Å². The monoisotopic (exact) mass is 403 g/mol. The predicted octanol–water partition coefficient (Wildman–Crippen LogP) is 3.52. The van der Waals surface area contributed by atoms with E-state index in [1.54, 1.807) is 25.7 Å². The first-order valence-electron chi connectivity index (χ1n) is 9.96. The quantitative estimate of drug-likeness (QED) is 0.701. The molecule has 0 saturated carbocycles. The molecule has 1 aromatic carbocycles. The number of methoxy groups -OCH3 is 1. The van der Waals surface area contributed by atoms with Crippen molar-refractivity contribution < 1.29 is 9.53 Å². The standard InChI is InChI=1S/C23H25N5O2/c1-23(2)10-18-17(12-26-21(27-18)20-13-24-8-9-25-20)19(11-23)28-22(29)16-6-4-15(5-7-16)14-30-3/h4-9,12-13,19H,10-11,14H2,1-3H3,(H,28,29)/t19-/m1/s1. The van der Waals surface area contributed by atoms with Gasteiger partial charge in [0.2, 0.25) is 0 Å². The van der Waals surface area contributed by atoms with E-state index in [0.717, 1.165) is 29.7 Å². The van der Waals surface area contributed by atoms with Crippen molar-refractivity contribution >= 4 is 5.91 Å². The van der Waals surface area contributed by atoms with Gasteiger partial charge in [0.15, 0.2) is 5.82 Å². The van der Waals surface area contributed by atoms with Crippen LogP contribution in [-0.2, 0) is 17.8 Å². The van der Waals surface area contributed by atoms with Crippen LogP contribution < -0.4 is 5.32 Å². The molecule has 0 aliphatic heterocycles. The first-order chi connectivity index (χ1) is 14.4. The highest BCUT2D eigenvalue weighted by molar-refractivity contribution is 5.94. The van der Waals surface area contributed by atoms with E-state index >= 15 is 0 Å². The van der Waals surface area contributed by atoms with Gasteiger partial charge in [0.25, 0.3) is 5.91 Å². The summed E-state index contributed by atoms with van der Waals surface area (Å²) in [5.74, 6) is 0.448. The van der Waals surface area contributed by atoms with Crippen LogP contribution in [-0.4, -0.2) is 33.0 Å². The SMILES string of the molecule is COCc1ccc(C(=O)N[C@@H]2CC(C)(C)Cc3nc(-c4cnccn4)ncc32)cc1. The summed E-state index contributed by atoms with van der Waals surface area (Å²) >= 11 is 0. The highest BCUT2D eigenvalue weighted by Crippen LogP contribution is 2.40. The number of carbonyl (C=O) groups is 1. The molecule has 2 aromatic heterocycles. The van der Waals surface area contributed by atoms with E-state index in [2.05, 4.69) is 34.1 Å². The van der Waals surface area contributed by atoms with Crippen LogP contribution in [0.4, 0.5) is 0 Å². The zero-order valence-electron chi connectivity index (χ0n) is 17.4. The van der Waals surface area contributed by atoms with Crippen molar-refractivity contribution in [3.63, 3.8) is 0 Å². The van der Waals surface area contributed by atoms with Crippen molar-refractivity contribution in [3.8, 4) is 11.5 Å². The molecular formula is C23H25N5O2. The molecule has 1 atom stereocenters. The zero-order valence-corrected chi connectivity index (χ0v) is 17.4. The lowest BCUT2D eigenvalue weighted by Gasteiger charge is -2.36. The van der Waals surface area contributed by atoms with Crippen molar-refractivity contribution in [1.29, 1.82) is 0 Å². The molecule has 7 nitrogen and oxygen atoms in total. The molecule has 30 heavy (non-hydrogen) atoms. The van der Waals surface area contributed by atoms with Gasteiger partial charge in [-0.05, 0) is 36.0 Å². The lowest BCUT2D eigenvalue weighted by Crippen LogP contribution is -2.37. The summed E-state index contributed by atoms with van der Waals surface area (Å²) in [6.07, 6.45) is 8.36. The van der Waals surface area contributed by atoms with Crippen molar-refractivity contribution in [3.05, 3.63) is 71.4 Å². The number of aromatic nitrogens is 4. The summed E-state index contributed by atoms with van der Waals surface area (Å²) in [7, 11) is 1.65. The van der Waals surface area contributed by atoms with Crippen LogP contribution in [0.2, 0.25) is 0 Å². The van der Waals surface area contributed by atoms with E-state index in [9.17, 15) is 4.79 Å². The minimum absolute atomic E-state index is 0.00125. The molecule has 1 aliphatic carbocycles. The topological polar surface area (TPSA) is 89.9 Å². The molecule has 7 heteroatoms. The Morgan fingerprint density at radius 3 is 2.67 bits per heavy atom. The fourth-order valence-electron chi connectivity index (χ4n) is 3.87. The molecular weight excluding hydrogens is 378 g/mol. The van der Waals surface area contributed by atoms with E-state index in [1.807, 2.05) is 30.5 Å². The van der Waals surface area contributed by atoms with Gasteiger partial charge >= 0.3 is 0 Å². The van der Waals surface area contributed by atoms with Crippen LogP contribution in [0.15, 0.2) is 49.1 Å². The van der Waals surface area contributed by atoms with E-state index < -0.39 is 0 Å². The smallest absolute Gasteiger partial charge is 0.251 e. The van der Waals surface area contributed by atoms with Crippen molar-refractivity contribution in [2.45, 2.75) is 39.3 Å². The number of nitrogens with one attached hydrogen (secondary N) is 1. The average Bonchev–Trinajstić information content (AvgIpc) is 2.74. The Morgan fingerprint density at radius 2 is 1.97 bits per heavy atom. The summed E-state index contributed by atoms with van der Waals surface area (Å²) in [5, 5.41) is 3.18. The van der Waals surface area contributed by atoms with E-state index in [4.69, 9.17) is 9.72 Å². The second-order valence-corrected chi connectivity index (χ2v) is 8.39. The minimum Gasteiger partial charge on any atom is -0.380 e. The molecule has 1 aliphatic rings. The number of hydrogen-bond acceptors (Lipinski definition) is 6. The number of hydrogen-bond donors (Lipinski definition) is 1. The largest absolute Gasteiger partial charge is 0.380 e. The summed E-state index contributed by atoms with van der Waals surface area (Å²) < 4.78 is 5.13. The summed E-state index contributed by atoms with van der Waals surface area (Å²) in [4.78, 5) is 30.5.